The molecule has 2 aromatic carbocycles. The van der Waals surface area contributed by atoms with Gasteiger partial charge in [-0.15, -0.1) is 0 Å². The van der Waals surface area contributed by atoms with Crippen molar-refractivity contribution in [2.45, 2.75) is 26.3 Å². The lowest BCUT2D eigenvalue weighted by atomic mass is 10.2. The van der Waals surface area contributed by atoms with E-state index in [0.29, 0.717) is 37.4 Å². The zero-order valence-electron chi connectivity index (χ0n) is 14.7. The van der Waals surface area contributed by atoms with Crippen molar-refractivity contribution in [1.29, 1.82) is 0 Å². The van der Waals surface area contributed by atoms with Gasteiger partial charge in [0.15, 0.2) is 0 Å². The number of hydrogen-bond donors (Lipinski definition) is 1. The second kappa shape index (κ2) is 7.99. The third-order valence-electron chi connectivity index (χ3n) is 4.44. The van der Waals surface area contributed by atoms with Gasteiger partial charge in [-0.3, -0.25) is 4.79 Å². The average Bonchev–Trinajstić information content (AvgIpc) is 3.06. The van der Waals surface area contributed by atoms with Crippen molar-refractivity contribution in [2.24, 2.45) is 0 Å². The first-order valence-corrected chi connectivity index (χ1v) is 8.78. The number of rotatable bonds is 5. The van der Waals surface area contributed by atoms with Crippen LogP contribution in [-0.4, -0.2) is 29.9 Å². The molecule has 0 aromatic heterocycles. The third kappa shape index (κ3) is 4.02. The molecule has 5 nitrogen and oxygen atoms in total. The van der Waals surface area contributed by atoms with Crippen LogP contribution in [0.2, 0.25) is 0 Å². The quantitative estimate of drug-likeness (QED) is 0.881. The largest absolute Gasteiger partial charge is 0.322 e. The van der Waals surface area contributed by atoms with E-state index in [2.05, 4.69) is 5.32 Å². The van der Waals surface area contributed by atoms with Gasteiger partial charge in [-0.25, -0.2) is 9.18 Å². The van der Waals surface area contributed by atoms with Crippen LogP contribution in [0.4, 0.5) is 20.6 Å². The number of nitrogens with zero attached hydrogens (tertiary/aromatic N) is 2. The summed E-state index contributed by atoms with van der Waals surface area (Å²) in [6.07, 6.45) is 1.35. The molecule has 0 bridgehead atoms. The first kappa shape index (κ1) is 17.9. The van der Waals surface area contributed by atoms with E-state index in [-0.39, 0.29) is 17.8 Å². The van der Waals surface area contributed by atoms with Gasteiger partial charge in [0.2, 0.25) is 5.91 Å². The van der Waals surface area contributed by atoms with Crippen LogP contribution in [0.25, 0.3) is 0 Å². The molecule has 1 saturated heterocycles. The molecule has 0 radical (unpaired) electrons. The van der Waals surface area contributed by atoms with Crippen molar-refractivity contribution in [2.75, 3.05) is 23.3 Å². The summed E-state index contributed by atoms with van der Waals surface area (Å²) in [4.78, 5) is 28.0. The van der Waals surface area contributed by atoms with Crippen LogP contribution in [0.5, 0.6) is 0 Å². The zero-order chi connectivity index (χ0) is 18.5. The van der Waals surface area contributed by atoms with E-state index < -0.39 is 0 Å². The van der Waals surface area contributed by atoms with Crippen LogP contribution in [0.15, 0.2) is 48.5 Å². The average molecular weight is 355 g/mol. The Hall–Kier alpha value is -2.89. The smallest absolute Gasteiger partial charge is 0.320 e. The van der Waals surface area contributed by atoms with Crippen molar-refractivity contribution >= 4 is 23.3 Å². The highest BCUT2D eigenvalue weighted by atomic mass is 19.1. The molecule has 3 amide bonds. The van der Waals surface area contributed by atoms with E-state index in [0.717, 1.165) is 12.0 Å². The molecule has 0 atom stereocenters. The Kier molecular flexibility index (Phi) is 5.51. The first-order chi connectivity index (χ1) is 12.6. The lowest BCUT2D eigenvalue weighted by Crippen LogP contribution is -2.35. The van der Waals surface area contributed by atoms with Crippen molar-refractivity contribution in [3.8, 4) is 0 Å². The Labute approximate surface area is 152 Å². The minimum Gasteiger partial charge on any atom is -0.320 e. The molecular weight excluding hydrogens is 333 g/mol. The van der Waals surface area contributed by atoms with Gasteiger partial charge in [-0.05, 0) is 43.2 Å². The number of carbonyl (C=O) groups is 2. The Balaban J connectivity index is 1.75. The highest BCUT2D eigenvalue weighted by molar-refractivity contribution is 6.01. The van der Waals surface area contributed by atoms with Gasteiger partial charge in [0, 0.05) is 26.1 Å². The molecule has 1 aliphatic heterocycles. The van der Waals surface area contributed by atoms with Crippen LogP contribution in [0.1, 0.15) is 25.3 Å². The highest BCUT2D eigenvalue weighted by Crippen LogP contribution is 2.29. The Bertz CT molecular complexity index is 809. The van der Waals surface area contributed by atoms with Crippen molar-refractivity contribution in [1.82, 2.24) is 4.90 Å². The van der Waals surface area contributed by atoms with Crippen LogP contribution in [0.3, 0.4) is 0 Å². The summed E-state index contributed by atoms with van der Waals surface area (Å²) >= 11 is 0. The van der Waals surface area contributed by atoms with E-state index in [4.69, 9.17) is 0 Å². The lowest BCUT2D eigenvalue weighted by molar-refractivity contribution is -0.117. The van der Waals surface area contributed by atoms with Gasteiger partial charge in [0.05, 0.1) is 11.4 Å². The minimum absolute atomic E-state index is 0.0683. The molecule has 136 valence electrons. The number of hydrogen-bond acceptors (Lipinski definition) is 2. The maximum absolute atomic E-state index is 13.4. The molecule has 3 rings (SSSR count). The van der Waals surface area contributed by atoms with Gasteiger partial charge in [0.25, 0.3) is 0 Å². The number of benzene rings is 2. The van der Waals surface area contributed by atoms with E-state index >= 15 is 0 Å². The van der Waals surface area contributed by atoms with E-state index in [1.165, 1.54) is 12.1 Å². The fourth-order valence-electron chi connectivity index (χ4n) is 3.09. The molecule has 1 aliphatic rings. The summed E-state index contributed by atoms with van der Waals surface area (Å²) in [5.74, 6) is -0.254. The maximum Gasteiger partial charge on any atom is 0.322 e. The molecule has 1 N–H and O–H groups in total. The Morgan fingerprint density at radius 1 is 1.23 bits per heavy atom. The monoisotopic (exact) mass is 355 g/mol. The Morgan fingerprint density at radius 2 is 2.04 bits per heavy atom. The Morgan fingerprint density at radius 3 is 2.73 bits per heavy atom. The SMILES string of the molecule is CCN(Cc1cccc(F)c1)C(=O)Nc1ccccc1N1CCCC1=O. The van der Waals surface area contributed by atoms with Crippen molar-refractivity contribution < 1.29 is 14.0 Å². The second-order valence-electron chi connectivity index (χ2n) is 6.24. The number of para-hydroxylation sites is 2. The molecule has 6 heteroatoms. The van der Waals surface area contributed by atoms with Crippen LogP contribution in [-0.2, 0) is 11.3 Å². The molecule has 0 saturated carbocycles. The molecule has 1 fully saturated rings. The normalized spacial score (nSPS) is 13.8. The van der Waals surface area contributed by atoms with Gasteiger partial charge < -0.3 is 15.1 Å². The lowest BCUT2D eigenvalue weighted by Gasteiger charge is -2.24. The van der Waals surface area contributed by atoms with Crippen LogP contribution in [0, 0.1) is 5.82 Å². The standard InChI is InChI=1S/C20H22FN3O2/c1-2-23(14-15-7-5-8-16(21)13-15)20(26)22-17-9-3-4-10-18(17)24-12-6-11-19(24)25/h3-5,7-10,13H,2,6,11-12,14H2,1H3,(H,22,26). The predicted octanol–water partition coefficient (Wildman–Crippen LogP) is 4.01. The summed E-state index contributed by atoms with van der Waals surface area (Å²) in [5, 5.41) is 2.89. The van der Waals surface area contributed by atoms with Gasteiger partial charge in [-0.2, -0.15) is 0 Å². The van der Waals surface area contributed by atoms with E-state index in [9.17, 15) is 14.0 Å². The molecular formula is C20H22FN3O2. The summed E-state index contributed by atoms with van der Waals surface area (Å²) < 4.78 is 13.4. The topological polar surface area (TPSA) is 52.7 Å². The first-order valence-electron chi connectivity index (χ1n) is 8.78. The molecule has 0 unspecified atom stereocenters. The number of amides is 3. The fraction of sp³-hybridized carbons (Fsp3) is 0.300. The predicted molar refractivity (Wildman–Crippen MR) is 99.5 cm³/mol. The van der Waals surface area contributed by atoms with E-state index in [1.807, 2.05) is 25.1 Å². The summed E-state index contributed by atoms with van der Waals surface area (Å²) in [6, 6.07) is 13.2. The summed E-state index contributed by atoms with van der Waals surface area (Å²) in [5.41, 5.74) is 2.04. The zero-order valence-corrected chi connectivity index (χ0v) is 14.7. The number of carbonyl (C=O) groups excluding carboxylic acids is 2. The highest BCUT2D eigenvalue weighted by Gasteiger charge is 2.24. The summed E-state index contributed by atoms with van der Waals surface area (Å²) in [6.45, 7) is 3.32. The van der Waals surface area contributed by atoms with Crippen molar-refractivity contribution in [3.05, 3.63) is 59.9 Å². The summed E-state index contributed by atoms with van der Waals surface area (Å²) in [7, 11) is 0. The van der Waals surface area contributed by atoms with Gasteiger partial charge >= 0.3 is 6.03 Å². The van der Waals surface area contributed by atoms with Crippen molar-refractivity contribution in [3.63, 3.8) is 0 Å². The fourth-order valence-corrected chi connectivity index (χ4v) is 3.09. The van der Waals surface area contributed by atoms with Crippen LogP contribution < -0.4 is 10.2 Å². The maximum atomic E-state index is 13.4. The van der Waals surface area contributed by atoms with E-state index in [1.54, 1.807) is 28.0 Å². The van der Waals surface area contributed by atoms with Gasteiger partial charge in [0.1, 0.15) is 5.82 Å². The number of halogens is 1. The second-order valence-corrected chi connectivity index (χ2v) is 6.24. The molecule has 0 aliphatic carbocycles. The molecule has 1 heterocycles. The molecule has 0 spiro atoms. The number of nitrogens with one attached hydrogen (secondary N) is 1. The number of urea groups is 1. The van der Waals surface area contributed by atoms with Crippen LogP contribution >= 0.6 is 0 Å². The number of anilines is 2. The third-order valence-corrected chi connectivity index (χ3v) is 4.44. The minimum atomic E-state index is -0.322. The van der Waals surface area contributed by atoms with Gasteiger partial charge in [-0.1, -0.05) is 24.3 Å². The molecule has 26 heavy (non-hydrogen) atoms. The molecule has 2 aromatic rings.